The van der Waals surface area contributed by atoms with Gasteiger partial charge in [-0.05, 0) is 25.0 Å². The first-order chi connectivity index (χ1) is 24.1. The van der Waals surface area contributed by atoms with Crippen LogP contribution in [0.15, 0.2) is 70.6 Å². The number of thioether (sulfide) groups is 1. The molecule has 3 aromatic heterocycles. The number of carboxylic acids is 1. The predicted octanol–water partition coefficient (Wildman–Crippen LogP) is 3.46. The Kier molecular flexibility index (Phi) is 9.13. The number of benzene rings is 1. The Bertz CT molecular complexity index is 2100. The molecular formula is C34H34FN8O5S2+. The van der Waals surface area contributed by atoms with E-state index in [4.69, 9.17) is 16.0 Å². The lowest BCUT2D eigenvalue weighted by Gasteiger charge is -2.49. The molecule has 0 aliphatic carbocycles. The summed E-state index contributed by atoms with van der Waals surface area (Å²) in [7, 11) is 1.30. The van der Waals surface area contributed by atoms with E-state index >= 15 is 4.39 Å². The quantitative estimate of drug-likeness (QED) is 0.0691. The van der Waals surface area contributed by atoms with Crippen LogP contribution < -0.4 is 10.3 Å². The molecule has 0 radical (unpaired) electrons. The van der Waals surface area contributed by atoms with E-state index in [0.29, 0.717) is 28.3 Å². The van der Waals surface area contributed by atoms with Crippen LogP contribution in [0.2, 0.25) is 0 Å². The first-order valence-electron chi connectivity index (χ1n) is 16.0. The number of nitrogens with two attached hydrogens (primary N) is 1. The zero-order chi connectivity index (χ0) is 35.1. The number of amides is 1. The molecule has 16 heteroatoms. The van der Waals surface area contributed by atoms with Crippen LogP contribution in [-0.2, 0) is 32.3 Å². The van der Waals surface area contributed by atoms with Crippen molar-refractivity contribution in [1.29, 1.82) is 5.41 Å². The molecule has 2 atom stereocenters. The Labute approximate surface area is 294 Å². The molecule has 50 heavy (non-hydrogen) atoms. The van der Waals surface area contributed by atoms with Gasteiger partial charge in [0.05, 0.1) is 17.8 Å². The number of β-lactam (4-membered cyclic amide) rings is 1. The number of halogens is 1. The van der Waals surface area contributed by atoms with Crippen LogP contribution in [0.3, 0.4) is 0 Å². The first-order valence-corrected chi connectivity index (χ1v) is 17.9. The molecular weight excluding hydrogens is 684 g/mol. The maximum Gasteiger partial charge on any atom is 0.352 e. The average molecular weight is 718 g/mol. The molecule has 0 unspecified atom stereocenters. The van der Waals surface area contributed by atoms with Gasteiger partial charge in [0.1, 0.15) is 35.7 Å². The summed E-state index contributed by atoms with van der Waals surface area (Å²) < 4.78 is 19.1. The maximum absolute atomic E-state index is 15.3. The molecule has 2 fully saturated rings. The summed E-state index contributed by atoms with van der Waals surface area (Å²) in [5, 5.41) is 23.9. The number of Topliss-reactive ketones (excluding diaryl/α,β-unsaturated/α-hetero) is 1. The fourth-order valence-electron chi connectivity index (χ4n) is 6.79. The molecule has 0 bridgehead atoms. The topological polar surface area (TPSA) is 171 Å². The van der Waals surface area contributed by atoms with Gasteiger partial charge in [-0.3, -0.25) is 19.9 Å². The molecule has 2 saturated heterocycles. The van der Waals surface area contributed by atoms with E-state index in [1.807, 2.05) is 44.6 Å². The third kappa shape index (κ3) is 6.13. The summed E-state index contributed by atoms with van der Waals surface area (Å²) in [6, 6.07) is 10.6. The number of nitrogens with one attached hydrogen (secondary N) is 1. The second kappa shape index (κ2) is 13.7. The zero-order valence-corrected chi connectivity index (χ0v) is 28.7. The number of likely N-dealkylation sites (tertiary alicyclic amines) is 1. The highest BCUT2D eigenvalue weighted by molar-refractivity contribution is 8.00. The number of hydrogen-bond donors (Lipinski definition) is 3. The zero-order valence-electron chi connectivity index (χ0n) is 27.0. The predicted molar refractivity (Wildman–Crippen MR) is 186 cm³/mol. The largest absolute Gasteiger partial charge is 0.477 e. The Morgan fingerprint density at radius 2 is 2.04 bits per heavy atom. The Morgan fingerprint density at radius 1 is 1.24 bits per heavy atom. The van der Waals surface area contributed by atoms with E-state index in [1.54, 1.807) is 17.5 Å². The minimum Gasteiger partial charge on any atom is -0.477 e. The van der Waals surface area contributed by atoms with E-state index in [1.165, 1.54) is 29.8 Å². The normalized spacial score (nSPS) is 19.2. The second-order valence-electron chi connectivity index (χ2n) is 12.3. The number of nitrogen functional groups attached to an aromatic ring is 1. The van der Waals surface area contributed by atoms with Crippen molar-refractivity contribution in [3.8, 4) is 0 Å². The van der Waals surface area contributed by atoms with E-state index in [2.05, 4.69) is 10.1 Å². The number of aliphatic carboxylic acids is 1. The van der Waals surface area contributed by atoms with Gasteiger partial charge in [0.2, 0.25) is 11.4 Å². The fraction of sp³-hybridized carbons (Fsp3) is 0.324. The highest BCUT2D eigenvalue weighted by Gasteiger charge is 2.54. The van der Waals surface area contributed by atoms with Crippen molar-refractivity contribution >= 4 is 68.5 Å². The number of pyridine rings is 1. The third-order valence-electron chi connectivity index (χ3n) is 9.24. The molecule has 7 rings (SSSR count). The number of ketones is 1. The van der Waals surface area contributed by atoms with Gasteiger partial charge in [-0.25, -0.2) is 14.2 Å². The molecule has 0 spiro atoms. The van der Waals surface area contributed by atoms with Crippen LogP contribution in [0.5, 0.6) is 0 Å². The van der Waals surface area contributed by atoms with Crippen molar-refractivity contribution in [2.24, 2.45) is 11.1 Å². The summed E-state index contributed by atoms with van der Waals surface area (Å²) in [6.45, 7) is 2.11. The highest BCUT2D eigenvalue weighted by Crippen LogP contribution is 2.45. The van der Waals surface area contributed by atoms with Gasteiger partial charge in [-0.1, -0.05) is 17.3 Å². The average Bonchev–Trinajstić information content (AvgIpc) is 3.89. The molecule has 6 heterocycles. The van der Waals surface area contributed by atoms with E-state index in [0.717, 1.165) is 48.3 Å². The number of fused-ring (bicyclic) bond motifs is 2. The molecule has 258 valence electrons. The molecule has 13 nitrogen and oxygen atoms in total. The number of oxime groups is 1. The van der Waals surface area contributed by atoms with Gasteiger partial charge >= 0.3 is 5.97 Å². The number of thiazole rings is 1. The number of nitrogens with zero attached hydrogens (tertiary/aromatic N) is 6. The minimum absolute atomic E-state index is 0.0450. The summed E-state index contributed by atoms with van der Waals surface area (Å²) in [5.74, 6) is -2.54. The molecule has 4 aromatic rings. The minimum atomic E-state index is -1.22. The standard InChI is InChI=1S/C34H33FN8O5S2/c1-48-39-28(24-18-50-34(37)38-24)27(44)14-22-31(45)43-29(33(46)47)21(17-49-32(22)43)16-41-11-4-5-25-26(41)8-12-42(25)15-20-7-6-19(13-23(20)35)30(36)40-9-2-3-10-40/h4-8,11-13,18,22,32,36H,2-3,9-10,14-17H2,1H3,(H2-,37,38,46,47)/p+1/b36-30?,39-28-/t22-,32-/m1/s1. The van der Waals surface area contributed by atoms with Crippen molar-refractivity contribution in [1.82, 2.24) is 19.4 Å². The Morgan fingerprint density at radius 3 is 2.74 bits per heavy atom. The third-order valence-corrected chi connectivity index (χ3v) is 11.3. The number of carbonyl (C=O) groups excluding carboxylic acids is 2. The van der Waals surface area contributed by atoms with Crippen molar-refractivity contribution in [3.05, 3.63) is 88.1 Å². The molecule has 0 saturated carbocycles. The number of carbonyl (C=O) groups is 3. The summed E-state index contributed by atoms with van der Waals surface area (Å²) >= 11 is 2.56. The second-order valence-corrected chi connectivity index (χ2v) is 14.3. The number of anilines is 1. The molecule has 1 amide bonds. The monoisotopic (exact) mass is 717 g/mol. The number of aromatic nitrogens is 3. The smallest absolute Gasteiger partial charge is 0.352 e. The Balaban J connectivity index is 1.08. The highest BCUT2D eigenvalue weighted by atomic mass is 32.2. The van der Waals surface area contributed by atoms with Crippen LogP contribution in [0.25, 0.3) is 11.0 Å². The number of amidine groups is 1. The van der Waals surface area contributed by atoms with Gasteiger partial charge in [0.25, 0.3) is 0 Å². The van der Waals surface area contributed by atoms with Gasteiger partial charge < -0.3 is 25.1 Å². The van der Waals surface area contributed by atoms with Crippen molar-refractivity contribution in [2.75, 3.05) is 31.7 Å². The molecule has 4 N–H and O–H groups in total. The van der Waals surface area contributed by atoms with Crippen LogP contribution in [-0.4, -0.2) is 85.0 Å². The number of carboxylic acid groups (broad SMARTS) is 1. The lowest BCUT2D eigenvalue weighted by Crippen LogP contribution is -2.62. The lowest BCUT2D eigenvalue weighted by molar-refractivity contribution is -0.663. The summed E-state index contributed by atoms with van der Waals surface area (Å²) in [6.07, 6.45) is 5.60. The van der Waals surface area contributed by atoms with Crippen molar-refractivity contribution in [2.45, 2.75) is 37.7 Å². The first kappa shape index (κ1) is 33.4. The van der Waals surface area contributed by atoms with E-state index in [-0.39, 0.29) is 47.6 Å². The van der Waals surface area contributed by atoms with Gasteiger partial charge in [0, 0.05) is 65.7 Å². The van der Waals surface area contributed by atoms with E-state index in [9.17, 15) is 19.5 Å². The summed E-state index contributed by atoms with van der Waals surface area (Å²) in [5.41, 5.74) is 9.10. The lowest BCUT2D eigenvalue weighted by atomic mass is 9.89. The van der Waals surface area contributed by atoms with Crippen LogP contribution >= 0.6 is 23.1 Å². The SMILES string of the molecule is CO/N=C(\C(=O)C[C@@H]1C(=O)N2C(C(=O)O)=C(C[n+]3cccc4c3ccn4Cc3ccc(C(=N)N4CCCC4)cc3F)CS[C@H]12)c1csc(N)n1. The van der Waals surface area contributed by atoms with Crippen molar-refractivity contribution in [3.63, 3.8) is 0 Å². The van der Waals surface area contributed by atoms with E-state index < -0.39 is 29.0 Å². The molecule has 3 aliphatic heterocycles. The van der Waals surface area contributed by atoms with Crippen LogP contribution in [0.4, 0.5) is 9.52 Å². The van der Waals surface area contributed by atoms with Gasteiger partial charge in [-0.2, -0.15) is 4.57 Å². The molecule has 3 aliphatic rings. The number of hydrogen-bond acceptors (Lipinski definition) is 10. The van der Waals surface area contributed by atoms with Gasteiger partial charge in [0.15, 0.2) is 29.4 Å². The van der Waals surface area contributed by atoms with Crippen LogP contribution in [0.1, 0.15) is 36.1 Å². The molecule has 1 aromatic carbocycles. The number of rotatable bonds is 11. The fourth-order valence-corrected chi connectivity index (χ4v) is 8.74. The maximum atomic E-state index is 15.3. The van der Waals surface area contributed by atoms with Crippen molar-refractivity contribution < 1.29 is 33.3 Å². The Hall–Kier alpha value is -5.09. The van der Waals surface area contributed by atoms with Gasteiger partial charge in [-0.15, -0.1) is 23.1 Å². The van der Waals surface area contributed by atoms with Crippen LogP contribution in [0, 0.1) is 17.1 Å². The summed E-state index contributed by atoms with van der Waals surface area (Å²) in [4.78, 5) is 51.4.